The van der Waals surface area contributed by atoms with Gasteiger partial charge in [0, 0.05) is 17.2 Å². The summed E-state index contributed by atoms with van der Waals surface area (Å²) in [4.78, 5) is 0. The summed E-state index contributed by atoms with van der Waals surface area (Å²) >= 11 is 0. The molecule has 0 heterocycles. The van der Waals surface area contributed by atoms with Gasteiger partial charge in [-0.15, -0.1) is 0 Å². The van der Waals surface area contributed by atoms with Gasteiger partial charge < -0.3 is 9.84 Å². The van der Waals surface area contributed by atoms with Gasteiger partial charge in [-0.3, -0.25) is 0 Å². The van der Waals surface area contributed by atoms with Gasteiger partial charge in [-0.1, -0.05) is 6.07 Å². The number of hydrogen-bond acceptors (Lipinski definition) is 3. The molecule has 0 aliphatic heterocycles. The highest BCUT2D eigenvalue weighted by Gasteiger charge is 2.57. The highest BCUT2D eigenvalue weighted by molar-refractivity contribution is 5.47. The fraction of sp³-hybridized carbons (Fsp3) is 0.188. The van der Waals surface area contributed by atoms with Crippen LogP contribution in [0.4, 0.5) is 22.0 Å². The summed E-state index contributed by atoms with van der Waals surface area (Å²) in [5, 5.41) is 18.2. The number of hydrogen-bond donors (Lipinski definition) is 1. The quantitative estimate of drug-likeness (QED) is 0.828. The van der Waals surface area contributed by atoms with Crippen molar-refractivity contribution in [1.82, 2.24) is 0 Å². The second kappa shape index (κ2) is 5.46. The largest absolute Gasteiger partial charge is 0.454 e. The molecule has 0 aromatic heterocycles. The topological polar surface area (TPSA) is 53.2 Å². The predicted molar refractivity (Wildman–Crippen MR) is 71.3 cm³/mol. The van der Waals surface area contributed by atoms with Gasteiger partial charge in [-0.2, -0.15) is 14.0 Å². The van der Waals surface area contributed by atoms with Gasteiger partial charge in [-0.25, -0.2) is 13.2 Å². The minimum absolute atomic E-state index is 0.0954. The number of aliphatic hydroxyl groups is 1. The van der Waals surface area contributed by atoms with Crippen LogP contribution < -0.4 is 4.74 Å². The summed E-state index contributed by atoms with van der Waals surface area (Å²) in [6.45, 7) is 0. The zero-order chi connectivity index (χ0) is 17.6. The van der Waals surface area contributed by atoms with Crippen molar-refractivity contribution in [2.45, 2.75) is 18.2 Å². The molecule has 1 N–H and O–H groups in total. The average molecular weight is 341 g/mol. The third-order valence-electron chi connectivity index (χ3n) is 3.66. The van der Waals surface area contributed by atoms with Gasteiger partial charge >= 0.3 is 5.92 Å². The van der Waals surface area contributed by atoms with E-state index in [1.165, 1.54) is 0 Å². The van der Waals surface area contributed by atoms with E-state index in [9.17, 15) is 27.1 Å². The lowest BCUT2D eigenvalue weighted by Gasteiger charge is -2.16. The molecule has 24 heavy (non-hydrogen) atoms. The van der Waals surface area contributed by atoms with Gasteiger partial charge in [0.15, 0.2) is 17.7 Å². The normalized spacial score (nSPS) is 21.2. The Labute approximate surface area is 132 Å². The van der Waals surface area contributed by atoms with E-state index in [-0.39, 0.29) is 11.3 Å². The minimum Gasteiger partial charge on any atom is -0.454 e. The van der Waals surface area contributed by atoms with Crippen LogP contribution in [0.15, 0.2) is 30.3 Å². The first-order valence-corrected chi connectivity index (χ1v) is 6.66. The molecule has 2 unspecified atom stereocenters. The maximum absolute atomic E-state index is 14.4. The molecule has 3 rings (SSSR count). The Balaban J connectivity index is 2.03. The summed E-state index contributed by atoms with van der Waals surface area (Å²) in [7, 11) is 0. The molecular formula is C16H8F5NO2. The Kier molecular flexibility index (Phi) is 3.68. The molecule has 0 amide bonds. The van der Waals surface area contributed by atoms with Gasteiger partial charge in [0.2, 0.25) is 0 Å². The van der Waals surface area contributed by atoms with Gasteiger partial charge in [0.05, 0.1) is 11.6 Å². The molecule has 2 aromatic carbocycles. The van der Waals surface area contributed by atoms with E-state index in [0.717, 1.165) is 30.3 Å². The lowest BCUT2D eigenvalue weighted by Crippen LogP contribution is -2.24. The van der Waals surface area contributed by atoms with E-state index >= 15 is 0 Å². The van der Waals surface area contributed by atoms with Crippen LogP contribution in [-0.4, -0.2) is 11.0 Å². The first kappa shape index (κ1) is 16.2. The minimum atomic E-state index is -4.16. The second-order valence-electron chi connectivity index (χ2n) is 5.21. The van der Waals surface area contributed by atoms with Crippen LogP contribution in [0.3, 0.4) is 0 Å². The fourth-order valence-electron chi connectivity index (χ4n) is 2.52. The molecule has 2 aromatic rings. The van der Waals surface area contributed by atoms with Gasteiger partial charge in [0.1, 0.15) is 17.7 Å². The number of aliphatic hydroxyl groups excluding tert-OH is 1. The highest BCUT2D eigenvalue weighted by Crippen LogP contribution is 2.54. The maximum atomic E-state index is 14.4. The number of nitrogens with zero attached hydrogens (tertiary/aromatic N) is 1. The Bertz CT molecular complexity index is 862. The summed E-state index contributed by atoms with van der Waals surface area (Å²) in [5.74, 6) is -7.20. The van der Waals surface area contributed by atoms with Crippen LogP contribution in [0.2, 0.25) is 0 Å². The third kappa shape index (κ3) is 2.37. The third-order valence-corrected chi connectivity index (χ3v) is 3.66. The molecule has 3 nitrogen and oxygen atoms in total. The molecular weight excluding hydrogens is 333 g/mol. The van der Waals surface area contributed by atoms with Crippen molar-refractivity contribution in [3.63, 3.8) is 0 Å². The zero-order valence-corrected chi connectivity index (χ0v) is 11.7. The molecule has 0 saturated carbocycles. The van der Waals surface area contributed by atoms with Crippen LogP contribution in [0, 0.1) is 23.0 Å². The number of benzene rings is 2. The number of rotatable bonds is 2. The van der Waals surface area contributed by atoms with Crippen molar-refractivity contribution < 1.29 is 31.8 Å². The van der Waals surface area contributed by atoms with E-state index in [4.69, 9.17) is 10.00 Å². The van der Waals surface area contributed by atoms with E-state index in [2.05, 4.69) is 0 Å². The van der Waals surface area contributed by atoms with Crippen LogP contribution >= 0.6 is 0 Å². The lowest BCUT2D eigenvalue weighted by molar-refractivity contribution is -0.143. The van der Waals surface area contributed by atoms with E-state index in [0.29, 0.717) is 0 Å². The molecule has 0 spiro atoms. The summed E-state index contributed by atoms with van der Waals surface area (Å²) < 4.78 is 73.4. The first-order chi connectivity index (χ1) is 11.3. The van der Waals surface area contributed by atoms with Gasteiger partial charge in [-0.05, 0) is 18.2 Å². The molecule has 124 valence electrons. The van der Waals surface area contributed by atoms with E-state index in [1.807, 2.05) is 0 Å². The number of alkyl halides is 3. The smallest absolute Gasteiger partial charge is 0.312 e. The monoisotopic (exact) mass is 341 g/mol. The molecule has 2 atom stereocenters. The Hall–Kier alpha value is -2.66. The summed E-state index contributed by atoms with van der Waals surface area (Å²) in [5.41, 5.74) is -1.67. The highest BCUT2D eigenvalue weighted by atomic mass is 19.3. The number of halogens is 5. The van der Waals surface area contributed by atoms with Crippen LogP contribution in [0.1, 0.15) is 29.0 Å². The van der Waals surface area contributed by atoms with Crippen molar-refractivity contribution >= 4 is 0 Å². The van der Waals surface area contributed by atoms with Crippen LogP contribution in [0.25, 0.3) is 0 Å². The molecule has 0 bridgehead atoms. The van der Waals surface area contributed by atoms with Crippen LogP contribution in [0.5, 0.6) is 11.5 Å². The Morgan fingerprint density at radius 3 is 2.54 bits per heavy atom. The molecule has 0 saturated heterocycles. The zero-order valence-electron chi connectivity index (χ0n) is 11.7. The summed E-state index contributed by atoms with van der Waals surface area (Å²) in [6, 6.07) is 6.32. The Morgan fingerprint density at radius 2 is 1.88 bits per heavy atom. The molecule has 8 heteroatoms. The molecule has 0 radical (unpaired) electrons. The number of ether oxygens (including phenoxy) is 1. The standard InChI is InChI=1S/C16H8F5NO2/c17-8-3-7(6-22)4-9(5-8)24-11-2-1-10-12(13(11)18)15(23)16(20,21)14(10)19/h1-5,14-15,23H. The van der Waals surface area contributed by atoms with Crippen molar-refractivity contribution in [3.8, 4) is 17.6 Å². The van der Waals surface area contributed by atoms with Gasteiger partial charge in [0.25, 0.3) is 0 Å². The number of nitriles is 1. The molecule has 0 fully saturated rings. The van der Waals surface area contributed by atoms with Crippen molar-refractivity contribution in [2.24, 2.45) is 0 Å². The van der Waals surface area contributed by atoms with Crippen molar-refractivity contribution in [1.29, 1.82) is 5.26 Å². The average Bonchev–Trinajstić information content (AvgIpc) is 2.70. The Morgan fingerprint density at radius 1 is 1.17 bits per heavy atom. The fourth-order valence-corrected chi connectivity index (χ4v) is 2.52. The SMILES string of the molecule is N#Cc1cc(F)cc(Oc2ccc3c(c2F)C(O)C(F)(F)C3F)c1. The lowest BCUT2D eigenvalue weighted by atomic mass is 10.1. The first-order valence-electron chi connectivity index (χ1n) is 6.66. The molecule has 1 aliphatic carbocycles. The second-order valence-corrected chi connectivity index (χ2v) is 5.21. The van der Waals surface area contributed by atoms with Crippen molar-refractivity contribution in [2.75, 3.05) is 0 Å². The van der Waals surface area contributed by atoms with E-state index < -0.39 is 46.7 Å². The van der Waals surface area contributed by atoms with E-state index in [1.54, 1.807) is 6.07 Å². The maximum Gasteiger partial charge on any atom is 0.312 e. The van der Waals surface area contributed by atoms with Crippen LogP contribution in [-0.2, 0) is 0 Å². The predicted octanol–water partition coefficient (Wildman–Crippen LogP) is 4.32. The number of fused-ring (bicyclic) bond motifs is 1. The molecule has 1 aliphatic rings. The summed E-state index contributed by atoms with van der Waals surface area (Å²) in [6.07, 6.45) is -5.50. The van der Waals surface area contributed by atoms with Crippen molar-refractivity contribution in [3.05, 3.63) is 58.7 Å².